The summed E-state index contributed by atoms with van der Waals surface area (Å²) in [5.74, 6) is 2.61. The van der Waals surface area contributed by atoms with Crippen LogP contribution < -0.4 is 5.32 Å². The fourth-order valence-corrected chi connectivity index (χ4v) is 14.6. The van der Waals surface area contributed by atoms with Crippen molar-refractivity contribution in [3.63, 3.8) is 0 Å². The number of allylic oxidation sites excluding steroid dienone is 3. The van der Waals surface area contributed by atoms with E-state index in [0.29, 0.717) is 23.4 Å². The van der Waals surface area contributed by atoms with Crippen LogP contribution in [0, 0.1) is 45.8 Å². The Hall–Kier alpha value is -2.43. The molecule has 0 spiro atoms. The van der Waals surface area contributed by atoms with Crippen molar-refractivity contribution in [2.24, 2.45) is 45.8 Å². The van der Waals surface area contributed by atoms with Crippen molar-refractivity contribution in [1.82, 2.24) is 10.2 Å². The van der Waals surface area contributed by atoms with Gasteiger partial charge in [0.05, 0.1) is 26.4 Å². The first kappa shape index (κ1) is 61.4. The van der Waals surface area contributed by atoms with Gasteiger partial charge in [-0.25, -0.2) is 9.59 Å². The summed E-state index contributed by atoms with van der Waals surface area (Å²) in [6.07, 6.45) is 40.9. The van der Waals surface area contributed by atoms with Crippen LogP contribution in [-0.2, 0) is 33.3 Å². The molecule has 10 heteroatoms. The lowest BCUT2D eigenvalue weighted by Gasteiger charge is -2.60. The monoisotopic (exact) mass is 1020 g/mol. The molecule has 1 aliphatic heterocycles. The van der Waals surface area contributed by atoms with Crippen molar-refractivity contribution in [3.05, 3.63) is 23.8 Å². The van der Waals surface area contributed by atoms with Gasteiger partial charge in [0.15, 0.2) is 0 Å². The van der Waals surface area contributed by atoms with E-state index in [4.69, 9.17) is 23.7 Å². The fourth-order valence-electron chi connectivity index (χ4n) is 14.6. The summed E-state index contributed by atoms with van der Waals surface area (Å²) in [6, 6.07) is -1.05. The van der Waals surface area contributed by atoms with Crippen LogP contribution >= 0.6 is 0 Å². The number of nitrogens with zero attached hydrogens (tertiary/aromatic N) is 1. The lowest BCUT2D eigenvalue weighted by Crippen LogP contribution is -2.53. The zero-order valence-electron chi connectivity index (χ0n) is 48.2. The number of fused-ring (bicyclic) bond motifs is 5. The van der Waals surface area contributed by atoms with E-state index in [1.165, 1.54) is 160 Å². The molecule has 4 fully saturated rings. The standard InChI is InChI=1S/C63H110N2O8/c1-9-10-11-12-13-14-15-16-17-18-19-20-21-22-23-27-43-70-48-53(47-65-41-25-24-26-42-65)71-44-45-72-59(67)57(33-34-58(66)69-8)64-60(68)73-52-35-38-61(5)51(46-52)31-32-54-55(61)36-40-63(7)56(54)37-39-62(63,6)50(4)30-28-29-49(2)3/h16-17,31,49-50,52-57H,9-15,18-30,32-48H2,1-8H3,(H,64,68)/b17-16-/t50?,52?,53?,54?,55-,56-,57-,61?,62?,63-/m0/s1. The molecule has 0 aromatic rings. The quantitative estimate of drug-likeness (QED) is 0.0287. The summed E-state index contributed by atoms with van der Waals surface area (Å²) in [6.45, 7) is 21.7. The second-order valence-corrected chi connectivity index (χ2v) is 25.0. The lowest BCUT2D eigenvalue weighted by molar-refractivity contribution is -0.149. The topological polar surface area (TPSA) is 113 Å². The van der Waals surface area contributed by atoms with E-state index in [0.717, 1.165) is 82.0 Å². The van der Waals surface area contributed by atoms with E-state index in [2.05, 4.69) is 76.9 Å². The van der Waals surface area contributed by atoms with Gasteiger partial charge in [0.1, 0.15) is 18.8 Å². The normalized spacial score (nSPS) is 28.4. The highest BCUT2D eigenvalue weighted by atomic mass is 16.6. The predicted octanol–water partition coefficient (Wildman–Crippen LogP) is 15.3. The Balaban J connectivity index is 1.02. The molecular weight excluding hydrogens is 913 g/mol. The molecule has 0 aromatic carbocycles. The molecule has 5 rings (SSSR count). The van der Waals surface area contributed by atoms with Crippen molar-refractivity contribution in [2.75, 3.05) is 53.2 Å². The average Bonchev–Trinajstić information content (AvgIpc) is 3.66. The summed E-state index contributed by atoms with van der Waals surface area (Å²) >= 11 is 0. The van der Waals surface area contributed by atoms with Crippen LogP contribution in [0.1, 0.15) is 241 Å². The second-order valence-electron chi connectivity index (χ2n) is 25.0. The minimum Gasteiger partial charge on any atom is -0.469 e. The number of alkyl carbamates (subject to hydrolysis) is 1. The van der Waals surface area contributed by atoms with E-state index in [1.807, 2.05) is 0 Å². The third-order valence-electron chi connectivity index (χ3n) is 19.6. The van der Waals surface area contributed by atoms with Crippen molar-refractivity contribution in [3.8, 4) is 0 Å². The smallest absolute Gasteiger partial charge is 0.408 e. The minimum atomic E-state index is -1.05. The molecule has 4 aliphatic carbocycles. The molecule has 5 aliphatic rings. The summed E-state index contributed by atoms with van der Waals surface area (Å²) in [7, 11) is 1.32. The third kappa shape index (κ3) is 18.9. The van der Waals surface area contributed by atoms with E-state index < -0.39 is 24.1 Å². The summed E-state index contributed by atoms with van der Waals surface area (Å²) in [4.78, 5) is 41.8. The van der Waals surface area contributed by atoms with Gasteiger partial charge < -0.3 is 33.9 Å². The zero-order chi connectivity index (χ0) is 52.5. The van der Waals surface area contributed by atoms with E-state index in [1.54, 1.807) is 0 Å². The zero-order valence-corrected chi connectivity index (χ0v) is 48.2. The molecule has 0 radical (unpaired) electrons. The number of likely N-dealkylation sites (tertiary alicyclic amines) is 1. The molecule has 0 bridgehead atoms. The minimum absolute atomic E-state index is 0.0315. The molecule has 0 aromatic heterocycles. The van der Waals surface area contributed by atoms with E-state index >= 15 is 0 Å². The number of rotatable bonds is 35. The second kappa shape index (κ2) is 32.3. The molecule has 1 amide bonds. The maximum atomic E-state index is 13.6. The number of esters is 2. The molecule has 10 atom stereocenters. The molecular formula is C63H110N2O8. The highest BCUT2D eigenvalue weighted by molar-refractivity contribution is 5.82. The number of carbonyl (C=O) groups excluding carboxylic acids is 3. The van der Waals surface area contributed by atoms with Crippen molar-refractivity contribution in [1.29, 1.82) is 0 Å². The highest BCUT2D eigenvalue weighted by Crippen LogP contribution is 2.71. The molecule has 1 N–H and O–H groups in total. The van der Waals surface area contributed by atoms with Gasteiger partial charge in [0.25, 0.3) is 0 Å². The van der Waals surface area contributed by atoms with Gasteiger partial charge in [0.2, 0.25) is 0 Å². The Bertz CT molecular complexity index is 1660. The molecule has 6 unspecified atom stereocenters. The van der Waals surface area contributed by atoms with E-state index in [9.17, 15) is 14.4 Å². The van der Waals surface area contributed by atoms with E-state index in [-0.39, 0.29) is 43.7 Å². The first-order chi connectivity index (χ1) is 35.2. The number of ether oxygens (including phenoxy) is 5. The van der Waals surface area contributed by atoms with Crippen LogP contribution in [0.2, 0.25) is 0 Å². The van der Waals surface area contributed by atoms with Gasteiger partial charge in [-0.2, -0.15) is 0 Å². The first-order valence-electron chi connectivity index (χ1n) is 30.7. The summed E-state index contributed by atoms with van der Waals surface area (Å²) in [5.41, 5.74) is 2.36. The third-order valence-corrected chi connectivity index (χ3v) is 19.6. The summed E-state index contributed by atoms with van der Waals surface area (Å²) < 4.78 is 29.2. The molecule has 1 heterocycles. The number of carbonyl (C=O) groups is 3. The number of unbranched alkanes of at least 4 members (excludes halogenated alkanes) is 12. The Kier molecular flexibility index (Phi) is 27.2. The maximum Gasteiger partial charge on any atom is 0.408 e. The maximum absolute atomic E-state index is 13.6. The van der Waals surface area contributed by atoms with Crippen LogP contribution in [-0.4, -0.2) is 94.4 Å². The number of methoxy groups -OCH3 is 1. The Morgan fingerprint density at radius 2 is 1.45 bits per heavy atom. The number of amides is 1. The van der Waals surface area contributed by atoms with Crippen LogP contribution in [0.15, 0.2) is 23.8 Å². The Morgan fingerprint density at radius 1 is 0.767 bits per heavy atom. The molecule has 420 valence electrons. The number of piperidine rings is 1. The van der Waals surface area contributed by atoms with Crippen molar-refractivity contribution >= 4 is 18.0 Å². The Morgan fingerprint density at radius 3 is 2.15 bits per heavy atom. The largest absolute Gasteiger partial charge is 0.469 e. The van der Waals surface area contributed by atoms with Gasteiger partial charge in [-0.1, -0.05) is 156 Å². The van der Waals surface area contributed by atoms with Crippen molar-refractivity contribution in [2.45, 2.75) is 259 Å². The molecule has 10 nitrogen and oxygen atoms in total. The number of hydrogen-bond acceptors (Lipinski definition) is 9. The van der Waals surface area contributed by atoms with Gasteiger partial charge in [-0.15, -0.1) is 0 Å². The molecule has 73 heavy (non-hydrogen) atoms. The van der Waals surface area contributed by atoms with Crippen molar-refractivity contribution < 1.29 is 38.1 Å². The number of hydrogen-bond donors (Lipinski definition) is 1. The van der Waals surface area contributed by atoms with Crippen LogP contribution in [0.25, 0.3) is 0 Å². The molecule has 3 saturated carbocycles. The molecule has 1 saturated heterocycles. The van der Waals surface area contributed by atoms with Gasteiger partial charge in [0, 0.05) is 26.0 Å². The van der Waals surface area contributed by atoms with Gasteiger partial charge in [-0.05, 0) is 155 Å². The van der Waals surface area contributed by atoms with Gasteiger partial charge >= 0.3 is 18.0 Å². The first-order valence-corrected chi connectivity index (χ1v) is 30.7. The summed E-state index contributed by atoms with van der Waals surface area (Å²) in [5, 5.41) is 2.78. The fraction of sp³-hybridized carbons (Fsp3) is 0.889. The number of nitrogens with one attached hydrogen (secondary N) is 1. The average molecular weight is 1020 g/mol. The predicted molar refractivity (Wildman–Crippen MR) is 297 cm³/mol. The van der Waals surface area contributed by atoms with Crippen LogP contribution in [0.4, 0.5) is 4.79 Å². The lowest BCUT2D eigenvalue weighted by atomic mass is 9.44. The van der Waals surface area contributed by atoms with Crippen LogP contribution in [0.5, 0.6) is 0 Å². The van der Waals surface area contributed by atoms with Crippen LogP contribution in [0.3, 0.4) is 0 Å². The highest BCUT2D eigenvalue weighted by Gasteiger charge is 2.63. The van der Waals surface area contributed by atoms with Gasteiger partial charge in [-0.3, -0.25) is 4.79 Å². The SMILES string of the molecule is CCCCCCCC/C=C\CCCCCCCCOCC(CN1CCCCC1)OCCOC(=O)[C@H](CCC(=O)OC)NC(=O)OC1CCC2(C)C(=CCC3[C@@H]2CC[C@@]2(C)[C@H]3CCC2(C)C(C)CCCC(C)C)C1. The Labute approximate surface area is 446 Å².